The number of nitro groups is 1. The number of halogens is 1. The molecule has 1 aliphatic heterocycles. The van der Waals surface area contributed by atoms with Crippen LogP contribution in [0.4, 0.5) is 29.2 Å². The van der Waals surface area contributed by atoms with Crippen molar-refractivity contribution < 1.29 is 19.5 Å². The van der Waals surface area contributed by atoms with Gasteiger partial charge in [-0.05, 0) is 40.2 Å². The zero-order valence-corrected chi connectivity index (χ0v) is 20.1. The lowest BCUT2D eigenvalue weighted by atomic mass is 10.2. The number of aromatic nitrogens is 3. The van der Waals surface area contributed by atoms with Crippen molar-refractivity contribution in [1.29, 1.82) is 0 Å². The smallest absolute Gasteiger partial charge is 0.271 e. The van der Waals surface area contributed by atoms with Gasteiger partial charge in [0.2, 0.25) is 17.8 Å². The molecule has 0 atom stereocenters. The molecule has 2 heterocycles. The van der Waals surface area contributed by atoms with Gasteiger partial charge in [-0.2, -0.15) is 20.1 Å². The minimum atomic E-state index is -0.563. The molecule has 1 saturated heterocycles. The van der Waals surface area contributed by atoms with Crippen molar-refractivity contribution in [2.75, 3.05) is 49.1 Å². The Morgan fingerprint density at radius 1 is 1.20 bits per heavy atom. The Morgan fingerprint density at radius 2 is 1.91 bits per heavy atom. The van der Waals surface area contributed by atoms with E-state index in [2.05, 4.69) is 46.7 Å². The molecule has 2 aromatic carbocycles. The zero-order chi connectivity index (χ0) is 24.8. The Balaban J connectivity index is 1.59. The van der Waals surface area contributed by atoms with Gasteiger partial charge in [-0.3, -0.25) is 10.1 Å². The topological polar surface area (TPSA) is 160 Å². The van der Waals surface area contributed by atoms with E-state index in [0.717, 1.165) is 5.69 Å². The lowest BCUT2D eigenvalue weighted by molar-refractivity contribution is -0.385. The molecule has 35 heavy (non-hydrogen) atoms. The fraction of sp³-hybridized carbons (Fsp3) is 0.238. The number of methoxy groups -OCH3 is 1. The number of nitro benzene ring substituents is 1. The maximum absolute atomic E-state index is 11.1. The summed E-state index contributed by atoms with van der Waals surface area (Å²) in [6, 6.07) is 9.67. The van der Waals surface area contributed by atoms with Crippen LogP contribution in [-0.2, 0) is 4.74 Å². The molecule has 0 amide bonds. The number of hydrazone groups is 1. The summed E-state index contributed by atoms with van der Waals surface area (Å²) in [4.78, 5) is 25.8. The predicted octanol–water partition coefficient (Wildman–Crippen LogP) is 3.28. The molecular formula is C21H21BrN8O5. The first kappa shape index (κ1) is 24.1. The quantitative estimate of drug-likeness (QED) is 0.217. The van der Waals surface area contributed by atoms with Crippen LogP contribution in [0.25, 0.3) is 0 Å². The zero-order valence-electron chi connectivity index (χ0n) is 18.5. The number of ether oxygens (including phenoxy) is 2. The Kier molecular flexibility index (Phi) is 7.52. The van der Waals surface area contributed by atoms with E-state index in [0.29, 0.717) is 38.0 Å². The summed E-state index contributed by atoms with van der Waals surface area (Å²) in [5, 5.41) is 28.5. The number of nitrogens with one attached hydrogen (secondary N) is 2. The predicted molar refractivity (Wildman–Crippen MR) is 133 cm³/mol. The summed E-state index contributed by atoms with van der Waals surface area (Å²) in [7, 11) is 1.59. The number of phenolic OH excluding ortho intramolecular Hbond substituents is 1. The summed E-state index contributed by atoms with van der Waals surface area (Å²) < 4.78 is 10.8. The van der Waals surface area contributed by atoms with Gasteiger partial charge in [-0.1, -0.05) is 0 Å². The van der Waals surface area contributed by atoms with Gasteiger partial charge in [-0.25, -0.2) is 5.43 Å². The number of benzene rings is 2. The van der Waals surface area contributed by atoms with Gasteiger partial charge in [0.05, 0.1) is 35.9 Å². The van der Waals surface area contributed by atoms with Crippen molar-refractivity contribution in [3.05, 3.63) is 56.5 Å². The first-order valence-corrected chi connectivity index (χ1v) is 11.2. The molecule has 3 N–H and O–H groups in total. The number of hydrogen-bond donors (Lipinski definition) is 3. The van der Waals surface area contributed by atoms with Crippen LogP contribution in [0, 0.1) is 10.1 Å². The average molecular weight is 545 g/mol. The fourth-order valence-electron chi connectivity index (χ4n) is 3.15. The molecule has 0 saturated carbocycles. The number of aromatic hydroxyl groups is 1. The molecule has 0 bridgehead atoms. The number of anilines is 4. The minimum Gasteiger partial charge on any atom is -0.506 e. The molecule has 0 spiro atoms. The standard InChI is InChI=1S/C21H21BrN8O5/c1-34-16-4-2-14(3-5-16)24-19-25-20(27-21(26-19)29-6-8-35-9-7-29)28-23-12-13-10-15(30(32)33)11-17(22)18(13)31/h2-5,10-12,31H,6-9H2,1H3,(H2,24,25,26,27,28)/b23-12+. The molecule has 3 aromatic rings. The van der Waals surface area contributed by atoms with Crippen molar-refractivity contribution in [2.24, 2.45) is 5.10 Å². The Morgan fingerprint density at radius 3 is 2.60 bits per heavy atom. The van der Waals surface area contributed by atoms with Crippen molar-refractivity contribution in [1.82, 2.24) is 15.0 Å². The van der Waals surface area contributed by atoms with E-state index in [1.54, 1.807) is 19.2 Å². The number of rotatable bonds is 8. The summed E-state index contributed by atoms with van der Waals surface area (Å²) in [5.74, 6) is 1.38. The molecule has 0 aliphatic carbocycles. The number of hydrogen-bond acceptors (Lipinski definition) is 12. The SMILES string of the molecule is COc1ccc(Nc2nc(N/N=C/c3cc([N+](=O)[O-])cc(Br)c3O)nc(N3CCOCC3)n2)cc1. The summed E-state index contributed by atoms with van der Waals surface area (Å²) >= 11 is 3.10. The highest BCUT2D eigenvalue weighted by Crippen LogP contribution is 2.31. The Bertz CT molecular complexity index is 1240. The van der Waals surface area contributed by atoms with E-state index in [-0.39, 0.29) is 33.4 Å². The number of phenols is 1. The maximum Gasteiger partial charge on any atom is 0.271 e. The monoisotopic (exact) mass is 544 g/mol. The number of non-ortho nitro benzene ring substituents is 1. The highest BCUT2D eigenvalue weighted by molar-refractivity contribution is 9.10. The van der Waals surface area contributed by atoms with Crippen molar-refractivity contribution >= 4 is 51.4 Å². The highest BCUT2D eigenvalue weighted by atomic mass is 79.9. The van der Waals surface area contributed by atoms with Gasteiger partial charge in [0.15, 0.2) is 0 Å². The summed E-state index contributed by atoms with van der Waals surface area (Å²) in [6.07, 6.45) is 1.24. The third-order valence-electron chi connectivity index (χ3n) is 4.92. The number of morpholine rings is 1. The molecule has 0 unspecified atom stereocenters. The lowest BCUT2D eigenvalue weighted by Gasteiger charge is -2.27. The normalized spacial score (nSPS) is 13.6. The van der Waals surface area contributed by atoms with E-state index in [9.17, 15) is 15.2 Å². The molecule has 14 heteroatoms. The molecule has 1 aliphatic rings. The molecular weight excluding hydrogens is 524 g/mol. The van der Waals surface area contributed by atoms with Crippen LogP contribution >= 0.6 is 15.9 Å². The second kappa shape index (κ2) is 10.9. The van der Waals surface area contributed by atoms with E-state index >= 15 is 0 Å². The van der Waals surface area contributed by atoms with Gasteiger partial charge in [-0.15, -0.1) is 0 Å². The Labute approximate surface area is 208 Å². The fourth-order valence-corrected chi connectivity index (χ4v) is 3.61. The van der Waals surface area contributed by atoms with Crippen LogP contribution in [0.15, 0.2) is 46.0 Å². The first-order valence-electron chi connectivity index (χ1n) is 10.4. The summed E-state index contributed by atoms with van der Waals surface area (Å²) in [6.45, 7) is 2.33. The summed E-state index contributed by atoms with van der Waals surface area (Å²) in [5.41, 5.74) is 3.39. The third kappa shape index (κ3) is 6.10. The highest BCUT2D eigenvalue weighted by Gasteiger charge is 2.17. The minimum absolute atomic E-state index is 0.137. The van der Waals surface area contributed by atoms with Crippen LogP contribution in [0.1, 0.15) is 5.56 Å². The van der Waals surface area contributed by atoms with Gasteiger partial charge < -0.3 is 24.8 Å². The van der Waals surface area contributed by atoms with Gasteiger partial charge in [0.25, 0.3) is 5.69 Å². The molecule has 4 rings (SSSR count). The van der Waals surface area contributed by atoms with Crippen LogP contribution in [0.3, 0.4) is 0 Å². The molecule has 1 fully saturated rings. The molecule has 182 valence electrons. The van der Waals surface area contributed by atoms with Crippen LogP contribution in [-0.4, -0.2) is 64.6 Å². The largest absolute Gasteiger partial charge is 0.506 e. The van der Waals surface area contributed by atoms with Crippen LogP contribution < -0.4 is 20.4 Å². The Hall–Kier alpha value is -4.04. The van der Waals surface area contributed by atoms with Crippen molar-refractivity contribution in [3.63, 3.8) is 0 Å². The van der Waals surface area contributed by atoms with Gasteiger partial charge >= 0.3 is 0 Å². The van der Waals surface area contributed by atoms with E-state index in [4.69, 9.17) is 9.47 Å². The van der Waals surface area contributed by atoms with Crippen molar-refractivity contribution in [2.45, 2.75) is 0 Å². The van der Waals surface area contributed by atoms with Gasteiger partial charge in [0, 0.05) is 36.5 Å². The molecule has 1 aromatic heterocycles. The van der Waals surface area contributed by atoms with E-state index in [1.165, 1.54) is 18.3 Å². The first-order chi connectivity index (χ1) is 16.9. The maximum atomic E-state index is 11.1. The third-order valence-corrected chi connectivity index (χ3v) is 5.52. The van der Waals surface area contributed by atoms with E-state index < -0.39 is 4.92 Å². The van der Waals surface area contributed by atoms with Crippen LogP contribution in [0.2, 0.25) is 0 Å². The lowest BCUT2D eigenvalue weighted by Crippen LogP contribution is -2.37. The van der Waals surface area contributed by atoms with Crippen LogP contribution in [0.5, 0.6) is 11.5 Å². The second-order valence-corrected chi connectivity index (χ2v) is 8.08. The second-order valence-electron chi connectivity index (χ2n) is 7.23. The van der Waals surface area contributed by atoms with E-state index in [1.807, 2.05) is 17.0 Å². The van der Waals surface area contributed by atoms with Gasteiger partial charge in [0.1, 0.15) is 11.5 Å². The average Bonchev–Trinajstić information content (AvgIpc) is 2.87. The number of nitrogens with zero attached hydrogens (tertiary/aromatic N) is 6. The van der Waals surface area contributed by atoms with Crippen molar-refractivity contribution in [3.8, 4) is 11.5 Å². The molecule has 13 nitrogen and oxygen atoms in total. The molecule has 0 radical (unpaired) electrons.